The average Bonchev–Trinajstić information content (AvgIpc) is 2.51. The van der Waals surface area contributed by atoms with E-state index in [2.05, 4.69) is 5.32 Å². The van der Waals surface area contributed by atoms with Crippen LogP contribution in [0.1, 0.15) is 23.6 Å². The number of rotatable bonds is 4. The van der Waals surface area contributed by atoms with Gasteiger partial charge in [-0.2, -0.15) is 5.26 Å². The summed E-state index contributed by atoms with van der Waals surface area (Å²) < 4.78 is 5.58. The van der Waals surface area contributed by atoms with E-state index in [0.29, 0.717) is 11.3 Å². The standard InChI is InChI=1S/C18H18N2O2/c1-12-7-8-16(9-13(12)2)20-18(21)14(3)22-17-6-4-5-15(10-17)11-19/h4-10,14H,1-3H3,(H,20,21). The Labute approximate surface area is 130 Å². The van der Waals surface area contributed by atoms with E-state index in [-0.39, 0.29) is 5.91 Å². The van der Waals surface area contributed by atoms with Crippen LogP contribution in [0.25, 0.3) is 0 Å². The third kappa shape index (κ3) is 3.86. The van der Waals surface area contributed by atoms with Crippen molar-refractivity contribution in [3.63, 3.8) is 0 Å². The number of nitriles is 1. The molecule has 0 spiro atoms. The fourth-order valence-corrected chi connectivity index (χ4v) is 1.96. The normalized spacial score (nSPS) is 11.4. The molecule has 22 heavy (non-hydrogen) atoms. The minimum atomic E-state index is -0.657. The fraction of sp³-hybridized carbons (Fsp3) is 0.222. The molecule has 0 aliphatic heterocycles. The van der Waals surface area contributed by atoms with E-state index < -0.39 is 6.10 Å². The predicted molar refractivity (Wildman–Crippen MR) is 85.8 cm³/mol. The van der Waals surface area contributed by atoms with Gasteiger partial charge >= 0.3 is 0 Å². The lowest BCUT2D eigenvalue weighted by Gasteiger charge is -2.15. The van der Waals surface area contributed by atoms with E-state index in [1.54, 1.807) is 31.2 Å². The zero-order valence-corrected chi connectivity index (χ0v) is 12.9. The van der Waals surface area contributed by atoms with Gasteiger partial charge in [0.25, 0.3) is 5.91 Å². The molecule has 0 fully saturated rings. The van der Waals surface area contributed by atoms with Crippen molar-refractivity contribution < 1.29 is 9.53 Å². The maximum absolute atomic E-state index is 12.2. The van der Waals surface area contributed by atoms with Gasteiger partial charge in [0, 0.05) is 5.69 Å². The highest BCUT2D eigenvalue weighted by molar-refractivity contribution is 5.94. The van der Waals surface area contributed by atoms with Crippen LogP contribution >= 0.6 is 0 Å². The second-order valence-electron chi connectivity index (χ2n) is 5.19. The van der Waals surface area contributed by atoms with E-state index in [4.69, 9.17) is 10.00 Å². The van der Waals surface area contributed by atoms with Crippen molar-refractivity contribution in [2.45, 2.75) is 26.9 Å². The highest BCUT2D eigenvalue weighted by atomic mass is 16.5. The highest BCUT2D eigenvalue weighted by Crippen LogP contribution is 2.17. The van der Waals surface area contributed by atoms with Crippen molar-refractivity contribution in [2.75, 3.05) is 5.32 Å². The van der Waals surface area contributed by atoms with Gasteiger partial charge in [0.15, 0.2) is 6.10 Å². The number of nitrogens with zero attached hydrogens (tertiary/aromatic N) is 1. The van der Waals surface area contributed by atoms with Crippen molar-refractivity contribution in [3.8, 4) is 11.8 Å². The van der Waals surface area contributed by atoms with Crippen LogP contribution in [-0.4, -0.2) is 12.0 Å². The van der Waals surface area contributed by atoms with Crippen molar-refractivity contribution >= 4 is 11.6 Å². The van der Waals surface area contributed by atoms with Gasteiger partial charge in [-0.25, -0.2) is 0 Å². The van der Waals surface area contributed by atoms with E-state index >= 15 is 0 Å². The third-order valence-corrected chi connectivity index (χ3v) is 3.42. The molecule has 1 N–H and O–H groups in total. The van der Waals surface area contributed by atoms with Gasteiger partial charge in [-0.3, -0.25) is 4.79 Å². The van der Waals surface area contributed by atoms with Crippen LogP contribution in [0.2, 0.25) is 0 Å². The van der Waals surface area contributed by atoms with Crippen molar-refractivity contribution in [1.29, 1.82) is 5.26 Å². The Balaban J connectivity index is 2.02. The largest absolute Gasteiger partial charge is 0.481 e. The number of hydrogen-bond acceptors (Lipinski definition) is 3. The Hall–Kier alpha value is -2.80. The topological polar surface area (TPSA) is 62.1 Å². The summed E-state index contributed by atoms with van der Waals surface area (Å²) in [4.78, 5) is 12.2. The molecular formula is C18H18N2O2. The third-order valence-electron chi connectivity index (χ3n) is 3.42. The Morgan fingerprint density at radius 2 is 1.95 bits per heavy atom. The number of nitrogens with one attached hydrogen (secondary N) is 1. The maximum atomic E-state index is 12.2. The molecule has 0 aliphatic rings. The number of amides is 1. The van der Waals surface area contributed by atoms with Gasteiger partial charge in [0.05, 0.1) is 11.6 Å². The Morgan fingerprint density at radius 3 is 2.64 bits per heavy atom. The Kier molecular flexibility index (Phi) is 4.80. The maximum Gasteiger partial charge on any atom is 0.265 e. The molecule has 1 unspecified atom stereocenters. The van der Waals surface area contributed by atoms with Crippen molar-refractivity contribution in [2.24, 2.45) is 0 Å². The number of hydrogen-bond donors (Lipinski definition) is 1. The van der Waals surface area contributed by atoms with E-state index in [1.807, 2.05) is 38.1 Å². The molecule has 0 aromatic heterocycles. The fourth-order valence-electron chi connectivity index (χ4n) is 1.96. The van der Waals surface area contributed by atoms with Crippen LogP contribution in [0, 0.1) is 25.2 Å². The number of carbonyl (C=O) groups is 1. The monoisotopic (exact) mass is 294 g/mol. The number of benzene rings is 2. The molecule has 0 heterocycles. The molecule has 4 nitrogen and oxygen atoms in total. The number of aryl methyl sites for hydroxylation is 2. The lowest BCUT2D eigenvalue weighted by molar-refractivity contribution is -0.122. The van der Waals surface area contributed by atoms with E-state index in [9.17, 15) is 4.79 Å². The lowest BCUT2D eigenvalue weighted by atomic mass is 10.1. The highest BCUT2D eigenvalue weighted by Gasteiger charge is 2.15. The van der Waals surface area contributed by atoms with E-state index in [1.165, 1.54) is 5.56 Å². The summed E-state index contributed by atoms with van der Waals surface area (Å²) in [6.07, 6.45) is -0.657. The van der Waals surface area contributed by atoms with Crippen LogP contribution in [0.4, 0.5) is 5.69 Å². The summed E-state index contributed by atoms with van der Waals surface area (Å²) >= 11 is 0. The second kappa shape index (κ2) is 6.77. The first kappa shape index (κ1) is 15.6. The van der Waals surface area contributed by atoms with Gasteiger partial charge in [0.2, 0.25) is 0 Å². The lowest BCUT2D eigenvalue weighted by Crippen LogP contribution is -2.30. The molecule has 0 bridgehead atoms. The summed E-state index contributed by atoms with van der Waals surface area (Å²) in [5, 5.41) is 11.7. The minimum Gasteiger partial charge on any atom is -0.481 e. The minimum absolute atomic E-state index is 0.231. The van der Waals surface area contributed by atoms with Crippen LogP contribution in [-0.2, 0) is 4.79 Å². The van der Waals surface area contributed by atoms with E-state index in [0.717, 1.165) is 11.3 Å². The van der Waals surface area contributed by atoms with Gasteiger partial charge in [0.1, 0.15) is 5.75 Å². The quantitative estimate of drug-likeness (QED) is 0.937. The van der Waals surface area contributed by atoms with Crippen LogP contribution in [0.3, 0.4) is 0 Å². The molecule has 112 valence electrons. The average molecular weight is 294 g/mol. The zero-order chi connectivity index (χ0) is 16.1. The number of carbonyl (C=O) groups excluding carboxylic acids is 1. The van der Waals surface area contributed by atoms with Crippen molar-refractivity contribution in [3.05, 3.63) is 59.2 Å². The van der Waals surface area contributed by atoms with Crippen molar-refractivity contribution in [1.82, 2.24) is 0 Å². The molecule has 2 aromatic carbocycles. The molecular weight excluding hydrogens is 276 g/mol. The molecule has 0 aliphatic carbocycles. The number of anilines is 1. The van der Waals surface area contributed by atoms with Gasteiger partial charge < -0.3 is 10.1 Å². The molecule has 4 heteroatoms. The second-order valence-corrected chi connectivity index (χ2v) is 5.19. The smallest absolute Gasteiger partial charge is 0.265 e. The molecule has 1 atom stereocenters. The first-order chi connectivity index (χ1) is 10.5. The molecule has 1 amide bonds. The molecule has 0 saturated heterocycles. The number of ether oxygens (including phenoxy) is 1. The Morgan fingerprint density at radius 1 is 1.18 bits per heavy atom. The molecule has 0 saturated carbocycles. The molecule has 2 rings (SSSR count). The summed E-state index contributed by atoms with van der Waals surface area (Å²) in [5.41, 5.74) is 3.54. The SMILES string of the molecule is Cc1ccc(NC(=O)C(C)Oc2cccc(C#N)c2)cc1C. The predicted octanol–water partition coefficient (Wildman–Crippen LogP) is 3.58. The summed E-state index contributed by atoms with van der Waals surface area (Å²) in [7, 11) is 0. The first-order valence-corrected chi connectivity index (χ1v) is 7.04. The van der Waals surface area contributed by atoms with Crippen LogP contribution in [0.15, 0.2) is 42.5 Å². The van der Waals surface area contributed by atoms with Gasteiger partial charge in [-0.15, -0.1) is 0 Å². The van der Waals surface area contributed by atoms with Crippen LogP contribution < -0.4 is 10.1 Å². The molecule has 2 aromatic rings. The van der Waals surface area contributed by atoms with Crippen LogP contribution in [0.5, 0.6) is 5.75 Å². The Bertz CT molecular complexity index is 732. The zero-order valence-electron chi connectivity index (χ0n) is 12.9. The summed E-state index contributed by atoms with van der Waals surface area (Å²) in [6.45, 7) is 5.70. The summed E-state index contributed by atoms with van der Waals surface area (Å²) in [5.74, 6) is 0.271. The van der Waals surface area contributed by atoms with Gasteiger partial charge in [-0.1, -0.05) is 12.1 Å². The summed E-state index contributed by atoms with van der Waals surface area (Å²) in [6, 6.07) is 14.5. The first-order valence-electron chi connectivity index (χ1n) is 7.04. The molecule has 0 radical (unpaired) electrons. The van der Waals surface area contributed by atoms with Gasteiger partial charge in [-0.05, 0) is 62.2 Å².